The summed E-state index contributed by atoms with van der Waals surface area (Å²) in [7, 11) is 0. The van der Waals surface area contributed by atoms with Gasteiger partial charge in [0.2, 0.25) is 5.91 Å². The van der Waals surface area contributed by atoms with Gasteiger partial charge in [0, 0.05) is 0 Å². The van der Waals surface area contributed by atoms with Crippen LogP contribution in [0, 0.1) is 11.7 Å². The van der Waals surface area contributed by atoms with Gasteiger partial charge in [0.1, 0.15) is 17.5 Å². The molecule has 30 heavy (non-hydrogen) atoms. The van der Waals surface area contributed by atoms with Gasteiger partial charge in [-0.25, -0.2) is 14.4 Å². The monoisotopic (exact) mass is 404 g/mol. The van der Waals surface area contributed by atoms with E-state index in [1.165, 1.54) is 30.3 Å². The quantitative estimate of drug-likeness (QED) is 0.676. The predicted octanol–water partition coefficient (Wildman–Crippen LogP) is 3.58. The van der Waals surface area contributed by atoms with E-state index in [9.17, 15) is 19.1 Å². The van der Waals surface area contributed by atoms with Crippen LogP contribution in [-0.4, -0.2) is 23.0 Å². The summed E-state index contributed by atoms with van der Waals surface area (Å²) in [6.07, 6.45) is -1.02. The Bertz CT molecular complexity index is 1120. The number of hydrogen-bond donors (Lipinski definition) is 1. The van der Waals surface area contributed by atoms with Crippen molar-refractivity contribution in [3.63, 3.8) is 0 Å². The van der Waals surface area contributed by atoms with E-state index < -0.39 is 35.7 Å². The first-order valence-electron chi connectivity index (χ1n) is 9.48. The Kier molecular flexibility index (Phi) is 4.25. The van der Waals surface area contributed by atoms with Gasteiger partial charge >= 0.3 is 0 Å². The van der Waals surface area contributed by atoms with Crippen LogP contribution in [0.2, 0.25) is 0 Å². The van der Waals surface area contributed by atoms with Crippen molar-refractivity contribution < 1.29 is 23.9 Å². The molecule has 0 unspecified atom stereocenters. The molecule has 2 heterocycles. The average Bonchev–Trinajstić information content (AvgIpc) is 3.26. The molecule has 2 saturated heterocycles. The van der Waals surface area contributed by atoms with Crippen molar-refractivity contribution in [2.75, 3.05) is 9.96 Å². The number of rotatable bonds is 3. The zero-order valence-electron chi connectivity index (χ0n) is 15.7. The van der Waals surface area contributed by atoms with Gasteiger partial charge in [-0.05, 0) is 54.1 Å². The number of anilines is 2. The highest BCUT2D eigenvalue weighted by Gasteiger charge is 2.60. The number of amides is 2. The summed E-state index contributed by atoms with van der Waals surface area (Å²) in [6.45, 7) is 0. The molecule has 0 radical (unpaired) electrons. The Morgan fingerprint density at radius 1 is 0.833 bits per heavy atom. The first-order valence-corrected chi connectivity index (χ1v) is 9.48. The summed E-state index contributed by atoms with van der Waals surface area (Å²) in [5.41, 5.74) is 1.63. The van der Waals surface area contributed by atoms with Gasteiger partial charge in [0.25, 0.3) is 5.91 Å². The fourth-order valence-electron chi connectivity index (χ4n) is 4.11. The Morgan fingerprint density at radius 3 is 2.27 bits per heavy atom. The molecule has 2 amide bonds. The van der Waals surface area contributed by atoms with Crippen LogP contribution in [0.4, 0.5) is 15.8 Å². The van der Waals surface area contributed by atoms with Crippen LogP contribution in [0.3, 0.4) is 0 Å². The lowest BCUT2D eigenvalue weighted by molar-refractivity contribution is -0.126. The van der Waals surface area contributed by atoms with Gasteiger partial charge in [0.05, 0.1) is 17.4 Å². The highest BCUT2D eigenvalue weighted by molar-refractivity contribution is 6.23. The summed E-state index contributed by atoms with van der Waals surface area (Å²) < 4.78 is 13.3. The minimum Gasteiger partial charge on any atom is -0.508 e. The number of phenolic OH excluding ortho intramolecular Hbond substituents is 1. The molecule has 5 rings (SSSR count). The Labute approximate surface area is 171 Å². The molecule has 0 saturated carbocycles. The first-order chi connectivity index (χ1) is 14.5. The average molecular weight is 404 g/mol. The van der Waals surface area contributed by atoms with E-state index in [0.29, 0.717) is 16.9 Å². The fraction of sp³-hybridized carbons (Fsp3) is 0.130. The van der Waals surface area contributed by atoms with Crippen molar-refractivity contribution in [2.45, 2.75) is 12.1 Å². The third-order valence-corrected chi connectivity index (χ3v) is 5.42. The van der Waals surface area contributed by atoms with E-state index in [2.05, 4.69) is 0 Å². The standard InChI is InChI=1S/C23H17FN2O4/c24-15-9-11-16(12-10-15)25-22(28)19-20(14-5-4-8-18(27)13-14)26(30-21(19)23(25)29)17-6-2-1-3-7-17/h1-13,19-21,27H/t19-,20+,21+/m0/s1. The first kappa shape index (κ1) is 18.3. The van der Waals surface area contributed by atoms with Crippen LogP contribution in [0.25, 0.3) is 0 Å². The van der Waals surface area contributed by atoms with Crippen molar-refractivity contribution in [1.82, 2.24) is 0 Å². The van der Waals surface area contributed by atoms with Crippen LogP contribution >= 0.6 is 0 Å². The largest absolute Gasteiger partial charge is 0.508 e. The SMILES string of the molecule is O=C1[C@H]2[C@@H](c3cccc(O)c3)N(c3ccccc3)O[C@H]2C(=O)N1c1ccc(F)cc1. The zero-order valence-corrected chi connectivity index (χ0v) is 15.7. The van der Waals surface area contributed by atoms with Gasteiger partial charge in [-0.2, -0.15) is 0 Å². The van der Waals surface area contributed by atoms with Gasteiger partial charge in [0.15, 0.2) is 6.10 Å². The van der Waals surface area contributed by atoms with E-state index in [0.717, 1.165) is 4.90 Å². The Balaban J connectivity index is 1.59. The number of aromatic hydroxyl groups is 1. The fourth-order valence-corrected chi connectivity index (χ4v) is 4.11. The second-order valence-corrected chi connectivity index (χ2v) is 7.24. The lowest BCUT2D eigenvalue weighted by atomic mass is 9.90. The van der Waals surface area contributed by atoms with Crippen LogP contribution in [-0.2, 0) is 14.4 Å². The number of imide groups is 1. The van der Waals surface area contributed by atoms with Gasteiger partial charge in [-0.15, -0.1) is 0 Å². The molecule has 3 aromatic rings. The van der Waals surface area contributed by atoms with E-state index in [1.54, 1.807) is 23.3 Å². The molecule has 1 N–H and O–H groups in total. The predicted molar refractivity (Wildman–Crippen MR) is 107 cm³/mol. The molecule has 150 valence electrons. The molecule has 0 aromatic heterocycles. The second kappa shape index (κ2) is 6.96. The topological polar surface area (TPSA) is 70.1 Å². The third-order valence-electron chi connectivity index (χ3n) is 5.42. The number of hydrogen-bond acceptors (Lipinski definition) is 5. The van der Waals surface area contributed by atoms with Crippen molar-refractivity contribution in [3.05, 3.63) is 90.2 Å². The maximum Gasteiger partial charge on any atom is 0.266 e. The Hall–Kier alpha value is -3.71. The maximum atomic E-state index is 13.4. The minimum absolute atomic E-state index is 0.0520. The molecule has 3 aromatic carbocycles. The third kappa shape index (κ3) is 2.83. The maximum absolute atomic E-state index is 13.4. The molecule has 3 atom stereocenters. The van der Waals surface area contributed by atoms with Crippen molar-refractivity contribution in [2.24, 2.45) is 5.92 Å². The van der Waals surface area contributed by atoms with E-state index in [1.807, 2.05) is 30.3 Å². The number of carbonyl (C=O) groups excluding carboxylic acids is 2. The van der Waals surface area contributed by atoms with Crippen molar-refractivity contribution in [3.8, 4) is 5.75 Å². The summed E-state index contributed by atoms with van der Waals surface area (Å²) in [5.74, 6) is -2.15. The number of nitrogens with zero attached hydrogens (tertiary/aromatic N) is 2. The van der Waals surface area contributed by atoms with E-state index in [-0.39, 0.29) is 5.75 Å². The lowest BCUT2D eigenvalue weighted by Gasteiger charge is -2.28. The van der Waals surface area contributed by atoms with Crippen molar-refractivity contribution >= 4 is 23.2 Å². The van der Waals surface area contributed by atoms with Crippen LogP contribution in [0.15, 0.2) is 78.9 Å². The number of phenols is 1. The number of hydroxylamine groups is 1. The molecule has 2 fully saturated rings. The van der Waals surface area contributed by atoms with E-state index >= 15 is 0 Å². The summed E-state index contributed by atoms with van der Waals surface area (Å²) in [4.78, 5) is 33.5. The number of carbonyl (C=O) groups is 2. The number of para-hydroxylation sites is 1. The molecule has 7 heteroatoms. The van der Waals surface area contributed by atoms with E-state index in [4.69, 9.17) is 4.84 Å². The molecule has 2 aliphatic rings. The smallest absolute Gasteiger partial charge is 0.266 e. The highest BCUT2D eigenvalue weighted by Crippen LogP contribution is 2.47. The van der Waals surface area contributed by atoms with Gasteiger partial charge < -0.3 is 5.11 Å². The second-order valence-electron chi connectivity index (χ2n) is 7.24. The molecule has 2 aliphatic heterocycles. The number of fused-ring (bicyclic) bond motifs is 1. The number of halogens is 1. The van der Waals surface area contributed by atoms with Gasteiger partial charge in [-0.1, -0.05) is 30.3 Å². The molecule has 6 nitrogen and oxygen atoms in total. The normalized spacial score (nSPS) is 23.2. The van der Waals surface area contributed by atoms with Gasteiger partial charge in [-0.3, -0.25) is 14.4 Å². The summed E-state index contributed by atoms with van der Waals surface area (Å²) in [5, 5.41) is 11.5. The summed E-state index contributed by atoms with van der Waals surface area (Å²) >= 11 is 0. The minimum atomic E-state index is -1.02. The van der Waals surface area contributed by atoms with Crippen LogP contribution in [0.1, 0.15) is 11.6 Å². The van der Waals surface area contributed by atoms with Crippen LogP contribution in [0.5, 0.6) is 5.75 Å². The molecule has 0 aliphatic carbocycles. The highest BCUT2D eigenvalue weighted by atomic mass is 19.1. The Morgan fingerprint density at radius 2 is 1.57 bits per heavy atom. The molecular weight excluding hydrogens is 387 g/mol. The number of benzene rings is 3. The lowest BCUT2D eigenvalue weighted by Crippen LogP contribution is -2.37. The van der Waals surface area contributed by atoms with Crippen molar-refractivity contribution in [1.29, 1.82) is 0 Å². The van der Waals surface area contributed by atoms with Crippen LogP contribution < -0.4 is 9.96 Å². The molecular formula is C23H17FN2O4. The summed E-state index contributed by atoms with van der Waals surface area (Å²) in [6, 6.07) is 20.3. The molecule has 0 spiro atoms. The molecule has 0 bridgehead atoms. The zero-order chi connectivity index (χ0) is 20.8.